The maximum absolute atomic E-state index is 11.6. The van der Waals surface area contributed by atoms with Gasteiger partial charge in [0.1, 0.15) is 0 Å². The van der Waals surface area contributed by atoms with Gasteiger partial charge in [-0.1, -0.05) is 13.8 Å². The standard InChI is InChI=1S/C9H18N2O3S/c1-7(2)5-9(12)11-4-3-8(6-11)15(10,13)14/h7-8H,3-6H2,1-2H3,(H2,10,13,14). The molecule has 0 aliphatic carbocycles. The summed E-state index contributed by atoms with van der Waals surface area (Å²) >= 11 is 0. The lowest BCUT2D eigenvalue weighted by atomic mass is 10.1. The van der Waals surface area contributed by atoms with E-state index in [1.807, 2.05) is 13.8 Å². The van der Waals surface area contributed by atoms with E-state index in [9.17, 15) is 13.2 Å². The molecule has 0 saturated carbocycles. The number of rotatable bonds is 3. The number of hydrogen-bond acceptors (Lipinski definition) is 3. The molecule has 0 spiro atoms. The molecule has 1 fully saturated rings. The van der Waals surface area contributed by atoms with Crippen LogP contribution < -0.4 is 5.14 Å². The quantitative estimate of drug-likeness (QED) is 0.741. The van der Waals surface area contributed by atoms with E-state index in [0.29, 0.717) is 25.3 Å². The lowest BCUT2D eigenvalue weighted by molar-refractivity contribution is -0.130. The molecule has 0 aromatic heterocycles. The highest BCUT2D eigenvalue weighted by atomic mass is 32.2. The maximum Gasteiger partial charge on any atom is 0.222 e. The van der Waals surface area contributed by atoms with Gasteiger partial charge in [0.15, 0.2) is 0 Å². The zero-order valence-corrected chi connectivity index (χ0v) is 9.96. The van der Waals surface area contributed by atoms with E-state index in [1.165, 1.54) is 0 Å². The van der Waals surface area contributed by atoms with Crippen LogP contribution >= 0.6 is 0 Å². The van der Waals surface area contributed by atoms with Gasteiger partial charge in [-0.15, -0.1) is 0 Å². The number of likely N-dealkylation sites (tertiary alicyclic amines) is 1. The minimum Gasteiger partial charge on any atom is -0.341 e. The molecular weight excluding hydrogens is 216 g/mol. The van der Waals surface area contributed by atoms with Crippen LogP contribution in [-0.2, 0) is 14.8 Å². The molecule has 1 saturated heterocycles. The first-order chi connectivity index (χ1) is 6.80. The van der Waals surface area contributed by atoms with Gasteiger partial charge in [0.25, 0.3) is 0 Å². The minimum atomic E-state index is -3.49. The summed E-state index contributed by atoms with van der Waals surface area (Å²) in [5.74, 6) is 0.321. The Balaban J connectivity index is 2.53. The monoisotopic (exact) mass is 234 g/mol. The first-order valence-electron chi connectivity index (χ1n) is 5.10. The maximum atomic E-state index is 11.6. The number of amides is 1. The van der Waals surface area contributed by atoms with Crippen LogP contribution in [0.15, 0.2) is 0 Å². The van der Waals surface area contributed by atoms with E-state index in [4.69, 9.17) is 5.14 Å². The Bertz CT molecular complexity index is 337. The number of carbonyl (C=O) groups excluding carboxylic acids is 1. The van der Waals surface area contributed by atoms with Crippen LogP contribution in [0.4, 0.5) is 0 Å². The number of carbonyl (C=O) groups is 1. The summed E-state index contributed by atoms with van der Waals surface area (Å²) in [5, 5.41) is 4.46. The highest BCUT2D eigenvalue weighted by Crippen LogP contribution is 2.17. The van der Waals surface area contributed by atoms with Crippen LogP contribution in [-0.4, -0.2) is 37.6 Å². The van der Waals surface area contributed by atoms with Gasteiger partial charge in [0, 0.05) is 19.5 Å². The molecule has 1 aliphatic rings. The molecule has 2 N–H and O–H groups in total. The zero-order chi connectivity index (χ0) is 11.6. The van der Waals surface area contributed by atoms with Crippen molar-refractivity contribution < 1.29 is 13.2 Å². The minimum absolute atomic E-state index is 0.0242. The largest absolute Gasteiger partial charge is 0.341 e. The predicted octanol–water partition coefficient (Wildman–Crippen LogP) is -0.0781. The average molecular weight is 234 g/mol. The Hall–Kier alpha value is -0.620. The number of primary sulfonamides is 1. The molecule has 0 aromatic carbocycles. The molecular formula is C9H18N2O3S. The van der Waals surface area contributed by atoms with Gasteiger partial charge in [-0.3, -0.25) is 4.79 Å². The molecule has 1 heterocycles. The molecule has 88 valence electrons. The van der Waals surface area contributed by atoms with Crippen molar-refractivity contribution in [1.29, 1.82) is 0 Å². The third kappa shape index (κ3) is 3.46. The zero-order valence-electron chi connectivity index (χ0n) is 9.14. The Morgan fingerprint density at radius 3 is 2.53 bits per heavy atom. The lowest BCUT2D eigenvalue weighted by Gasteiger charge is -2.17. The Morgan fingerprint density at radius 2 is 2.13 bits per heavy atom. The van der Waals surface area contributed by atoms with Gasteiger partial charge < -0.3 is 4.90 Å². The van der Waals surface area contributed by atoms with Gasteiger partial charge in [-0.2, -0.15) is 0 Å². The van der Waals surface area contributed by atoms with Crippen molar-refractivity contribution in [2.75, 3.05) is 13.1 Å². The fourth-order valence-corrected chi connectivity index (χ4v) is 2.52. The molecule has 1 rings (SSSR count). The predicted molar refractivity (Wildman–Crippen MR) is 57.5 cm³/mol. The third-order valence-corrected chi connectivity index (χ3v) is 3.86. The molecule has 1 aliphatic heterocycles. The molecule has 1 atom stereocenters. The second-order valence-corrected chi connectivity index (χ2v) is 6.28. The second kappa shape index (κ2) is 4.49. The first kappa shape index (κ1) is 12.4. The Morgan fingerprint density at radius 1 is 1.53 bits per heavy atom. The number of sulfonamides is 1. The topological polar surface area (TPSA) is 80.5 Å². The van der Waals surface area contributed by atoms with Gasteiger partial charge in [-0.05, 0) is 12.3 Å². The third-order valence-electron chi connectivity index (χ3n) is 2.55. The summed E-state index contributed by atoms with van der Waals surface area (Å²) in [4.78, 5) is 13.2. The van der Waals surface area contributed by atoms with Crippen molar-refractivity contribution in [1.82, 2.24) is 4.90 Å². The van der Waals surface area contributed by atoms with E-state index in [0.717, 1.165) is 0 Å². The molecule has 0 bridgehead atoms. The van der Waals surface area contributed by atoms with Crippen molar-refractivity contribution in [2.24, 2.45) is 11.1 Å². The molecule has 1 unspecified atom stereocenters. The highest BCUT2D eigenvalue weighted by Gasteiger charge is 2.32. The summed E-state index contributed by atoms with van der Waals surface area (Å²) in [5.41, 5.74) is 0. The number of nitrogens with zero attached hydrogens (tertiary/aromatic N) is 1. The van der Waals surface area contributed by atoms with Crippen molar-refractivity contribution in [3.63, 3.8) is 0 Å². The average Bonchev–Trinajstić information content (AvgIpc) is 2.48. The summed E-state index contributed by atoms with van der Waals surface area (Å²) in [6.07, 6.45) is 0.931. The molecule has 0 aromatic rings. The van der Waals surface area contributed by atoms with E-state index < -0.39 is 15.3 Å². The van der Waals surface area contributed by atoms with Crippen LogP contribution in [0, 0.1) is 5.92 Å². The normalized spacial score (nSPS) is 22.4. The molecule has 5 nitrogen and oxygen atoms in total. The van der Waals surface area contributed by atoms with Gasteiger partial charge >= 0.3 is 0 Å². The Labute approximate surface area is 90.7 Å². The highest BCUT2D eigenvalue weighted by molar-refractivity contribution is 7.89. The smallest absolute Gasteiger partial charge is 0.222 e. The lowest BCUT2D eigenvalue weighted by Crippen LogP contribution is -2.34. The fourth-order valence-electron chi connectivity index (χ4n) is 1.70. The summed E-state index contributed by atoms with van der Waals surface area (Å²) in [6, 6.07) is 0. The first-order valence-corrected chi connectivity index (χ1v) is 6.71. The molecule has 6 heteroatoms. The van der Waals surface area contributed by atoms with Crippen molar-refractivity contribution in [3.05, 3.63) is 0 Å². The summed E-state index contributed by atoms with van der Waals surface area (Å²) in [6.45, 7) is 4.69. The van der Waals surface area contributed by atoms with E-state index in [-0.39, 0.29) is 12.5 Å². The fraction of sp³-hybridized carbons (Fsp3) is 0.889. The Kier molecular flexibility index (Phi) is 3.72. The van der Waals surface area contributed by atoms with Crippen molar-refractivity contribution in [2.45, 2.75) is 31.9 Å². The van der Waals surface area contributed by atoms with E-state index in [2.05, 4.69) is 0 Å². The summed E-state index contributed by atoms with van der Waals surface area (Å²) in [7, 11) is -3.49. The van der Waals surface area contributed by atoms with Crippen LogP contribution in [0.25, 0.3) is 0 Å². The van der Waals surface area contributed by atoms with Gasteiger partial charge in [0.2, 0.25) is 15.9 Å². The summed E-state index contributed by atoms with van der Waals surface area (Å²) < 4.78 is 22.1. The number of hydrogen-bond donors (Lipinski definition) is 1. The molecule has 15 heavy (non-hydrogen) atoms. The molecule has 1 amide bonds. The van der Waals surface area contributed by atoms with E-state index >= 15 is 0 Å². The number of nitrogens with two attached hydrogens (primary N) is 1. The van der Waals surface area contributed by atoms with Crippen molar-refractivity contribution >= 4 is 15.9 Å². The second-order valence-electron chi connectivity index (χ2n) is 4.44. The van der Waals surface area contributed by atoms with Crippen LogP contribution in [0.3, 0.4) is 0 Å². The molecule has 0 radical (unpaired) electrons. The van der Waals surface area contributed by atoms with Gasteiger partial charge in [0.05, 0.1) is 5.25 Å². The van der Waals surface area contributed by atoms with Gasteiger partial charge in [-0.25, -0.2) is 13.6 Å². The SMILES string of the molecule is CC(C)CC(=O)N1CCC(S(N)(=O)=O)C1. The van der Waals surface area contributed by atoms with Crippen LogP contribution in [0.5, 0.6) is 0 Å². The van der Waals surface area contributed by atoms with Crippen LogP contribution in [0.1, 0.15) is 26.7 Å². The van der Waals surface area contributed by atoms with Crippen LogP contribution in [0.2, 0.25) is 0 Å². The van der Waals surface area contributed by atoms with Crippen molar-refractivity contribution in [3.8, 4) is 0 Å². The van der Waals surface area contributed by atoms with E-state index in [1.54, 1.807) is 4.90 Å².